The van der Waals surface area contributed by atoms with Crippen molar-refractivity contribution in [1.82, 2.24) is 5.32 Å². The second-order valence-electron chi connectivity index (χ2n) is 9.90. The highest BCUT2D eigenvalue weighted by atomic mass is 35.5. The van der Waals surface area contributed by atoms with E-state index in [-0.39, 0.29) is 11.6 Å². The lowest BCUT2D eigenvalue weighted by molar-refractivity contribution is -0.116. The zero-order chi connectivity index (χ0) is 32.5. The topological polar surface area (TPSA) is 87.3 Å². The van der Waals surface area contributed by atoms with E-state index >= 15 is 0 Å². The minimum Gasteiger partial charge on any atom is -0.325 e. The first kappa shape index (κ1) is 32.9. The maximum absolute atomic E-state index is 13.6. The van der Waals surface area contributed by atoms with Gasteiger partial charge in [0.05, 0.1) is 0 Å². The summed E-state index contributed by atoms with van der Waals surface area (Å²) < 4.78 is 0. The number of benzene rings is 5. The van der Waals surface area contributed by atoms with Gasteiger partial charge in [0.1, 0.15) is 10.9 Å². The number of carbonyl (C=O) groups excluding carboxylic acids is 3. The fraction of sp³-hybridized carbons (Fsp3) is 0.0278. The Morgan fingerprint density at radius 3 is 1.96 bits per heavy atom. The predicted molar refractivity (Wildman–Crippen MR) is 189 cm³/mol. The molecule has 0 aliphatic carbocycles. The van der Waals surface area contributed by atoms with Crippen LogP contribution < -0.4 is 16.0 Å². The molecular weight excluding hydrogens is 661 g/mol. The average molecular weight is 687 g/mol. The van der Waals surface area contributed by atoms with Crippen molar-refractivity contribution in [2.75, 3.05) is 10.6 Å². The zero-order valence-corrected chi connectivity index (χ0v) is 27.1. The van der Waals surface area contributed by atoms with Crippen molar-refractivity contribution in [3.8, 4) is 0 Å². The molecule has 0 spiro atoms. The molecular formula is C36H26Cl3N3O3S. The Hall–Kier alpha value is -4.53. The van der Waals surface area contributed by atoms with Crippen molar-refractivity contribution in [1.29, 1.82) is 0 Å². The van der Waals surface area contributed by atoms with Gasteiger partial charge >= 0.3 is 0 Å². The normalized spacial score (nSPS) is 11.8. The predicted octanol–water partition coefficient (Wildman–Crippen LogP) is 9.53. The van der Waals surface area contributed by atoms with E-state index in [2.05, 4.69) is 16.0 Å². The SMILES string of the molecule is O=C(Nc1cccc(SC(C(=O)Nc2ccc(Cl)cc2)c2ccccc2)c1)/C(=C\c1c(Cl)cccc1Cl)NC(=O)c1ccccc1. The van der Waals surface area contributed by atoms with Gasteiger partial charge in [-0.2, -0.15) is 0 Å². The molecule has 5 aromatic rings. The van der Waals surface area contributed by atoms with E-state index in [0.29, 0.717) is 37.6 Å². The third-order valence-corrected chi connectivity index (χ3v) is 8.77. The number of hydrogen-bond acceptors (Lipinski definition) is 4. The Kier molecular flexibility index (Phi) is 11.2. The minimum atomic E-state index is -0.606. The van der Waals surface area contributed by atoms with Crippen LogP contribution in [0.2, 0.25) is 15.1 Å². The number of nitrogens with one attached hydrogen (secondary N) is 3. The van der Waals surface area contributed by atoms with Crippen molar-refractivity contribution < 1.29 is 14.4 Å². The van der Waals surface area contributed by atoms with Crippen molar-refractivity contribution >= 4 is 81.7 Å². The van der Waals surface area contributed by atoms with Crippen LogP contribution >= 0.6 is 46.6 Å². The van der Waals surface area contributed by atoms with Gasteiger partial charge in [0.25, 0.3) is 11.8 Å². The second-order valence-corrected chi connectivity index (χ2v) is 12.3. The third kappa shape index (κ3) is 8.80. The van der Waals surface area contributed by atoms with E-state index in [9.17, 15) is 14.4 Å². The van der Waals surface area contributed by atoms with Crippen molar-refractivity contribution in [3.05, 3.63) is 165 Å². The van der Waals surface area contributed by atoms with Gasteiger partial charge in [0.2, 0.25) is 5.91 Å². The summed E-state index contributed by atoms with van der Waals surface area (Å²) in [4.78, 5) is 40.9. The molecule has 46 heavy (non-hydrogen) atoms. The van der Waals surface area contributed by atoms with E-state index in [1.54, 1.807) is 91.0 Å². The van der Waals surface area contributed by atoms with E-state index in [1.807, 2.05) is 36.4 Å². The number of carbonyl (C=O) groups is 3. The van der Waals surface area contributed by atoms with E-state index in [1.165, 1.54) is 17.8 Å². The first-order chi connectivity index (χ1) is 22.3. The fourth-order valence-electron chi connectivity index (χ4n) is 4.36. The third-order valence-electron chi connectivity index (χ3n) is 6.62. The summed E-state index contributed by atoms with van der Waals surface area (Å²) in [7, 11) is 0. The summed E-state index contributed by atoms with van der Waals surface area (Å²) in [6.45, 7) is 0. The molecule has 0 aliphatic rings. The molecule has 0 heterocycles. The number of hydrogen-bond donors (Lipinski definition) is 3. The second kappa shape index (κ2) is 15.7. The Labute approximate surface area is 285 Å². The van der Waals surface area contributed by atoms with E-state index < -0.39 is 17.1 Å². The molecule has 5 rings (SSSR count). The summed E-state index contributed by atoms with van der Waals surface area (Å²) >= 11 is 20.1. The Morgan fingerprint density at radius 1 is 0.652 bits per heavy atom. The molecule has 0 aliphatic heterocycles. The van der Waals surface area contributed by atoms with Crippen LogP contribution in [0.25, 0.3) is 6.08 Å². The number of rotatable bonds is 10. The first-order valence-corrected chi connectivity index (χ1v) is 16.0. The largest absolute Gasteiger partial charge is 0.325 e. The molecule has 0 fully saturated rings. The Balaban J connectivity index is 1.39. The van der Waals surface area contributed by atoms with Crippen LogP contribution in [0.4, 0.5) is 11.4 Å². The minimum absolute atomic E-state index is 0.0635. The van der Waals surface area contributed by atoms with E-state index in [0.717, 1.165) is 10.5 Å². The standard InChI is InChI=1S/C36H26Cl3N3O3S/c37-25-17-19-26(20-18-25)40-36(45)33(23-9-3-1-4-10-23)46-28-14-7-13-27(21-28)41-35(44)32(22-29-30(38)15-8-16-31(29)39)42-34(43)24-11-5-2-6-12-24/h1-22,33H,(H,40,45)(H,41,44)(H,42,43)/b32-22+. The molecule has 3 amide bonds. The molecule has 6 nitrogen and oxygen atoms in total. The van der Waals surface area contributed by atoms with Gasteiger partial charge in [0.15, 0.2) is 0 Å². The van der Waals surface area contributed by atoms with Gasteiger partial charge < -0.3 is 16.0 Å². The lowest BCUT2D eigenvalue weighted by Crippen LogP contribution is -2.30. The zero-order valence-electron chi connectivity index (χ0n) is 24.0. The molecule has 0 bridgehead atoms. The molecule has 230 valence electrons. The lowest BCUT2D eigenvalue weighted by Gasteiger charge is -2.18. The van der Waals surface area contributed by atoms with Crippen LogP contribution in [0.3, 0.4) is 0 Å². The molecule has 0 radical (unpaired) electrons. The van der Waals surface area contributed by atoms with Gasteiger partial charge in [-0.1, -0.05) is 95.5 Å². The number of thioether (sulfide) groups is 1. The molecule has 1 atom stereocenters. The molecule has 5 aromatic carbocycles. The fourth-order valence-corrected chi connectivity index (χ4v) is 6.07. The van der Waals surface area contributed by atoms with Gasteiger partial charge in [-0.3, -0.25) is 14.4 Å². The van der Waals surface area contributed by atoms with Gasteiger partial charge in [-0.15, -0.1) is 11.8 Å². The van der Waals surface area contributed by atoms with E-state index in [4.69, 9.17) is 34.8 Å². The molecule has 1 unspecified atom stereocenters. The highest BCUT2D eigenvalue weighted by Crippen LogP contribution is 2.37. The first-order valence-electron chi connectivity index (χ1n) is 14.0. The van der Waals surface area contributed by atoms with Crippen LogP contribution in [0, 0.1) is 0 Å². The van der Waals surface area contributed by atoms with Crippen molar-refractivity contribution in [3.63, 3.8) is 0 Å². The molecule has 0 saturated carbocycles. The van der Waals surface area contributed by atoms with Gasteiger partial charge in [-0.05, 0) is 78.4 Å². The summed E-state index contributed by atoms with van der Waals surface area (Å²) in [6.07, 6.45) is 1.44. The maximum Gasteiger partial charge on any atom is 0.272 e. The van der Waals surface area contributed by atoms with Crippen molar-refractivity contribution in [2.24, 2.45) is 0 Å². The summed E-state index contributed by atoms with van der Waals surface area (Å²) in [6, 6.07) is 36.9. The molecule has 0 saturated heterocycles. The quantitative estimate of drug-likeness (QED) is 0.101. The van der Waals surface area contributed by atoms with Crippen LogP contribution in [0.15, 0.2) is 138 Å². The van der Waals surface area contributed by atoms with Gasteiger partial charge in [0, 0.05) is 42.5 Å². The number of amides is 3. The van der Waals surface area contributed by atoms with Crippen LogP contribution in [0.5, 0.6) is 0 Å². The summed E-state index contributed by atoms with van der Waals surface area (Å²) in [5, 5.41) is 9.09. The summed E-state index contributed by atoms with van der Waals surface area (Å²) in [5.41, 5.74) is 2.56. The smallest absolute Gasteiger partial charge is 0.272 e. The van der Waals surface area contributed by atoms with Gasteiger partial charge in [-0.25, -0.2) is 0 Å². The lowest BCUT2D eigenvalue weighted by atomic mass is 10.1. The summed E-state index contributed by atoms with van der Waals surface area (Å²) in [5.74, 6) is -1.30. The highest BCUT2D eigenvalue weighted by Gasteiger charge is 2.23. The van der Waals surface area contributed by atoms with Crippen LogP contribution in [0.1, 0.15) is 26.7 Å². The average Bonchev–Trinajstić information content (AvgIpc) is 3.06. The van der Waals surface area contributed by atoms with Crippen LogP contribution in [-0.2, 0) is 9.59 Å². The molecule has 3 N–H and O–H groups in total. The van der Waals surface area contributed by atoms with Crippen LogP contribution in [-0.4, -0.2) is 17.7 Å². The Bertz CT molecular complexity index is 1870. The monoisotopic (exact) mass is 685 g/mol. The van der Waals surface area contributed by atoms with Crippen molar-refractivity contribution in [2.45, 2.75) is 10.1 Å². The molecule has 0 aromatic heterocycles. The number of halogens is 3. The Morgan fingerprint density at radius 2 is 1.28 bits per heavy atom. The maximum atomic E-state index is 13.6. The molecule has 10 heteroatoms. The number of anilines is 2. The highest BCUT2D eigenvalue weighted by molar-refractivity contribution is 8.00.